The van der Waals surface area contributed by atoms with Gasteiger partial charge in [0.1, 0.15) is 0 Å². The van der Waals surface area contributed by atoms with Crippen LogP contribution in [0.25, 0.3) is 0 Å². The van der Waals surface area contributed by atoms with E-state index < -0.39 is 4.92 Å². The number of nitrogens with zero attached hydrogens (tertiary/aromatic N) is 2. The molecule has 1 aromatic carbocycles. The summed E-state index contributed by atoms with van der Waals surface area (Å²) in [6.07, 6.45) is 1.70. The third-order valence-electron chi connectivity index (χ3n) is 2.60. The van der Waals surface area contributed by atoms with Crippen molar-refractivity contribution in [2.45, 2.75) is 13.5 Å². The molecule has 0 spiro atoms. The molecule has 0 aliphatic carbocycles. The Hall–Kier alpha value is -2.21. The summed E-state index contributed by atoms with van der Waals surface area (Å²) in [6, 6.07) is 6.26. The number of nitro groups is 1. The predicted molar refractivity (Wildman–Crippen MR) is 75.2 cm³/mol. The van der Waals surface area contributed by atoms with Crippen molar-refractivity contribution in [2.24, 2.45) is 0 Å². The zero-order valence-electron chi connectivity index (χ0n) is 11.4. The van der Waals surface area contributed by atoms with Crippen molar-refractivity contribution in [3.8, 4) is 0 Å². The van der Waals surface area contributed by atoms with Gasteiger partial charge in [0, 0.05) is 25.2 Å². The Morgan fingerprint density at radius 2 is 2.10 bits per heavy atom. The molecule has 0 amide bonds. The number of non-ortho nitro benzene ring substituents is 1. The second kappa shape index (κ2) is 8.06. The van der Waals surface area contributed by atoms with Crippen molar-refractivity contribution in [1.82, 2.24) is 4.90 Å². The molecule has 6 nitrogen and oxygen atoms in total. The Balaban J connectivity index is 2.66. The first-order chi connectivity index (χ1) is 9.56. The number of benzene rings is 1. The quantitative estimate of drug-likeness (QED) is 0.315. The monoisotopic (exact) mass is 278 g/mol. The average molecular weight is 278 g/mol. The van der Waals surface area contributed by atoms with Crippen LogP contribution in [-0.2, 0) is 16.1 Å². The smallest absolute Gasteiger partial charge is 0.320 e. The number of hydrogen-bond donors (Lipinski definition) is 0. The molecule has 6 heteroatoms. The van der Waals surface area contributed by atoms with Gasteiger partial charge in [0.25, 0.3) is 5.69 Å². The van der Waals surface area contributed by atoms with Crippen LogP contribution in [-0.4, -0.2) is 35.5 Å². The summed E-state index contributed by atoms with van der Waals surface area (Å²) in [4.78, 5) is 23.5. The molecule has 0 aliphatic rings. The molecule has 0 radical (unpaired) electrons. The summed E-state index contributed by atoms with van der Waals surface area (Å²) >= 11 is 0. The molecule has 0 atom stereocenters. The molecule has 0 saturated heterocycles. The van der Waals surface area contributed by atoms with Crippen molar-refractivity contribution in [2.75, 3.05) is 19.7 Å². The van der Waals surface area contributed by atoms with E-state index in [1.54, 1.807) is 25.1 Å². The van der Waals surface area contributed by atoms with E-state index in [1.807, 2.05) is 4.90 Å². The molecular formula is C14H18N2O4. The Morgan fingerprint density at radius 1 is 1.45 bits per heavy atom. The molecule has 1 rings (SSSR count). The fraction of sp³-hybridized carbons (Fsp3) is 0.357. The molecule has 0 heterocycles. The molecule has 0 aliphatic heterocycles. The number of esters is 1. The van der Waals surface area contributed by atoms with E-state index in [-0.39, 0.29) is 18.2 Å². The largest absolute Gasteiger partial charge is 0.465 e. The van der Waals surface area contributed by atoms with E-state index in [1.165, 1.54) is 12.1 Å². The van der Waals surface area contributed by atoms with Crippen molar-refractivity contribution < 1.29 is 14.5 Å². The molecule has 20 heavy (non-hydrogen) atoms. The molecular weight excluding hydrogens is 260 g/mol. The van der Waals surface area contributed by atoms with E-state index in [0.717, 1.165) is 5.56 Å². The van der Waals surface area contributed by atoms with Crippen LogP contribution in [0.4, 0.5) is 5.69 Å². The maximum Gasteiger partial charge on any atom is 0.320 e. The van der Waals surface area contributed by atoms with Crippen molar-refractivity contribution in [3.05, 3.63) is 52.6 Å². The molecule has 0 aromatic heterocycles. The van der Waals surface area contributed by atoms with E-state index in [4.69, 9.17) is 4.74 Å². The minimum absolute atomic E-state index is 0.0504. The van der Waals surface area contributed by atoms with Gasteiger partial charge in [-0.05, 0) is 12.5 Å². The van der Waals surface area contributed by atoms with Crippen LogP contribution >= 0.6 is 0 Å². The summed E-state index contributed by atoms with van der Waals surface area (Å²) in [5.41, 5.74) is 0.941. The van der Waals surface area contributed by atoms with Crippen LogP contribution in [0.1, 0.15) is 12.5 Å². The fourth-order valence-electron chi connectivity index (χ4n) is 1.74. The summed E-state index contributed by atoms with van der Waals surface area (Å²) < 4.78 is 4.90. The summed E-state index contributed by atoms with van der Waals surface area (Å²) in [5, 5.41) is 10.6. The predicted octanol–water partition coefficient (Wildman–Crippen LogP) is 2.15. The van der Waals surface area contributed by atoms with Crippen LogP contribution in [0.3, 0.4) is 0 Å². The zero-order chi connectivity index (χ0) is 15.0. The number of carbonyl (C=O) groups is 1. The number of hydrogen-bond acceptors (Lipinski definition) is 5. The number of rotatable bonds is 8. The maximum atomic E-state index is 11.5. The van der Waals surface area contributed by atoms with Crippen molar-refractivity contribution >= 4 is 11.7 Å². The second-order valence-corrected chi connectivity index (χ2v) is 4.19. The van der Waals surface area contributed by atoms with Crippen LogP contribution < -0.4 is 0 Å². The van der Waals surface area contributed by atoms with Gasteiger partial charge in [-0.25, -0.2) is 0 Å². The molecule has 0 fully saturated rings. The highest BCUT2D eigenvalue weighted by molar-refractivity contribution is 5.71. The molecule has 108 valence electrons. The number of nitro benzene ring substituents is 1. The molecule has 0 bridgehead atoms. The zero-order valence-corrected chi connectivity index (χ0v) is 11.4. The molecule has 0 N–H and O–H groups in total. The van der Waals surface area contributed by atoms with E-state index in [9.17, 15) is 14.9 Å². The van der Waals surface area contributed by atoms with Crippen LogP contribution in [0, 0.1) is 10.1 Å². The lowest BCUT2D eigenvalue weighted by Gasteiger charge is -2.19. The summed E-state index contributed by atoms with van der Waals surface area (Å²) in [5.74, 6) is -0.295. The maximum absolute atomic E-state index is 11.5. The molecule has 0 unspecified atom stereocenters. The lowest BCUT2D eigenvalue weighted by molar-refractivity contribution is -0.384. The van der Waals surface area contributed by atoms with Crippen LogP contribution in [0.2, 0.25) is 0 Å². The number of ether oxygens (including phenoxy) is 1. The van der Waals surface area contributed by atoms with Gasteiger partial charge < -0.3 is 4.74 Å². The van der Waals surface area contributed by atoms with Crippen LogP contribution in [0.15, 0.2) is 36.9 Å². The third-order valence-corrected chi connectivity index (χ3v) is 2.60. The fourth-order valence-corrected chi connectivity index (χ4v) is 1.74. The Bertz CT molecular complexity index is 471. The van der Waals surface area contributed by atoms with Crippen LogP contribution in [0.5, 0.6) is 0 Å². The lowest BCUT2D eigenvalue weighted by Crippen LogP contribution is -2.30. The highest BCUT2D eigenvalue weighted by atomic mass is 16.6. The first-order valence-corrected chi connectivity index (χ1v) is 6.29. The summed E-state index contributed by atoms with van der Waals surface area (Å²) in [6.45, 7) is 6.95. The SMILES string of the molecule is C=CCN(CC(=O)OCC)Cc1ccc([N+](=O)[O-])cc1. The Morgan fingerprint density at radius 3 is 2.60 bits per heavy atom. The average Bonchev–Trinajstić information content (AvgIpc) is 2.39. The van der Waals surface area contributed by atoms with Gasteiger partial charge in [0.15, 0.2) is 0 Å². The Labute approximate surface area is 117 Å². The van der Waals surface area contributed by atoms with Gasteiger partial charge in [-0.2, -0.15) is 0 Å². The second-order valence-electron chi connectivity index (χ2n) is 4.19. The lowest BCUT2D eigenvalue weighted by atomic mass is 10.2. The highest BCUT2D eigenvalue weighted by Gasteiger charge is 2.12. The first-order valence-electron chi connectivity index (χ1n) is 6.29. The van der Waals surface area contributed by atoms with Gasteiger partial charge in [-0.3, -0.25) is 19.8 Å². The van der Waals surface area contributed by atoms with Gasteiger partial charge >= 0.3 is 5.97 Å². The molecule has 0 saturated carbocycles. The van der Waals surface area contributed by atoms with Gasteiger partial charge in [-0.1, -0.05) is 18.2 Å². The number of carbonyl (C=O) groups excluding carboxylic acids is 1. The van der Waals surface area contributed by atoms with E-state index in [2.05, 4.69) is 6.58 Å². The van der Waals surface area contributed by atoms with E-state index in [0.29, 0.717) is 19.7 Å². The minimum atomic E-state index is -0.441. The normalized spacial score (nSPS) is 10.3. The standard InChI is InChI=1S/C14H18N2O4/c1-3-9-15(11-14(17)20-4-2)10-12-5-7-13(8-6-12)16(18)19/h3,5-8H,1,4,9-11H2,2H3. The summed E-state index contributed by atoms with van der Waals surface area (Å²) in [7, 11) is 0. The molecule has 1 aromatic rings. The van der Waals surface area contributed by atoms with Crippen molar-refractivity contribution in [3.63, 3.8) is 0 Å². The highest BCUT2D eigenvalue weighted by Crippen LogP contribution is 2.13. The van der Waals surface area contributed by atoms with E-state index >= 15 is 0 Å². The minimum Gasteiger partial charge on any atom is -0.465 e. The third kappa shape index (κ3) is 5.19. The topological polar surface area (TPSA) is 72.7 Å². The van der Waals surface area contributed by atoms with Gasteiger partial charge in [0.2, 0.25) is 0 Å². The van der Waals surface area contributed by atoms with Crippen molar-refractivity contribution in [1.29, 1.82) is 0 Å². The Kier molecular flexibility index (Phi) is 6.39. The first kappa shape index (κ1) is 15.8. The van der Waals surface area contributed by atoms with Gasteiger partial charge in [0.05, 0.1) is 18.1 Å². The van der Waals surface area contributed by atoms with Gasteiger partial charge in [-0.15, -0.1) is 6.58 Å².